The van der Waals surface area contributed by atoms with Gasteiger partial charge in [-0.3, -0.25) is 9.59 Å². The first-order valence-corrected chi connectivity index (χ1v) is 6.85. The van der Waals surface area contributed by atoms with Crippen molar-refractivity contribution >= 4 is 17.6 Å². The van der Waals surface area contributed by atoms with Crippen LogP contribution in [-0.2, 0) is 9.59 Å². The van der Waals surface area contributed by atoms with Crippen molar-refractivity contribution in [2.75, 3.05) is 5.32 Å². The van der Waals surface area contributed by atoms with Gasteiger partial charge in [-0.25, -0.2) is 0 Å². The maximum Gasteiger partial charge on any atom is 0.310 e. The summed E-state index contributed by atoms with van der Waals surface area (Å²) in [6.45, 7) is 1.63. The topological polar surface area (TPSA) is 66.4 Å². The van der Waals surface area contributed by atoms with Crippen LogP contribution in [0.4, 0.5) is 5.69 Å². The molecule has 1 aliphatic carbocycles. The number of aliphatic carboxylic acids is 1. The van der Waals surface area contributed by atoms with Crippen LogP contribution in [0, 0.1) is 5.92 Å². The van der Waals surface area contributed by atoms with Gasteiger partial charge in [0, 0.05) is 12.1 Å². The smallest absolute Gasteiger partial charge is 0.310 e. The number of amides is 1. The minimum Gasteiger partial charge on any atom is -0.481 e. The van der Waals surface area contributed by atoms with Gasteiger partial charge in [0.1, 0.15) is 0 Å². The summed E-state index contributed by atoms with van der Waals surface area (Å²) in [6, 6.07) is 7.02. The molecule has 0 radical (unpaired) electrons. The van der Waals surface area contributed by atoms with Crippen LogP contribution in [-0.4, -0.2) is 17.0 Å². The molecule has 0 aromatic heterocycles. The number of carbonyl (C=O) groups excluding carboxylic acids is 1. The number of anilines is 1. The zero-order valence-corrected chi connectivity index (χ0v) is 11.5. The third-order valence-electron chi connectivity index (χ3n) is 3.60. The van der Waals surface area contributed by atoms with E-state index in [1.807, 2.05) is 0 Å². The fraction of sp³-hybridized carbons (Fsp3) is 0.375. The third kappa shape index (κ3) is 3.70. The zero-order chi connectivity index (χ0) is 14.5. The Labute approximate surface area is 118 Å². The Hall–Kier alpha value is -2.10. The van der Waals surface area contributed by atoms with Crippen molar-refractivity contribution in [2.24, 2.45) is 5.92 Å². The number of carbonyl (C=O) groups is 2. The lowest BCUT2D eigenvalue weighted by atomic mass is 10.0. The Morgan fingerprint density at radius 2 is 2.25 bits per heavy atom. The molecule has 2 unspecified atom stereocenters. The van der Waals surface area contributed by atoms with Crippen molar-refractivity contribution in [1.82, 2.24) is 0 Å². The summed E-state index contributed by atoms with van der Waals surface area (Å²) in [5.41, 5.74) is 1.35. The monoisotopic (exact) mass is 273 g/mol. The van der Waals surface area contributed by atoms with Crippen LogP contribution in [0.15, 0.2) is 36.4 Å². The molecule has 1 aromatic carbocycles. The molecule has 2 rings (SSSR count). The number of carboxylic acid groups (broad SMARTS) is 1. The van der Waals surface area contributed by atoms with Crippen molar-refractivity contribution in [3.63, 3.8) is 0 Å². The predicted molar refractivity (Wildman–Crippen MR) is 77.6 cm³/mol. The maximum atomic E-state index is 11.9. The van der Waals surface area contributed by atoms with Crippen LogP contribution in [0.3, 0.4) is 0 Å². The van der Waals surface area contributed by atoms with E-state index in [9.17, 15) is 9.59 Å². The summed E-state index contributed by atoms with van der Waals surface area (Å²) in [5, 5.41) is 11.8. The SMILES string of the molecule is CC(C(=O)O)c1cccc(NC(=O)CC2C=CCC2)c1. The first-order chi connectivity index (χ1) is 9.56. The number of rotatable bonds is 5. The van der Waals surface area contributed by atoms with Crippen LogP contribution in [0.25, 0.3) is 0 Å². The van der Waals surface area contributed by atoms with Crippen molar-refractivity contribution < 1.29 is 14.7 Å². The van der Waals surface area contributed by atoms with Crippen molar-refractivity contribution in [3.8, 4) is 0 Å². The highest BCUT2D eigenvalue weighted by Crippen LogP contribution is 2.22. The highest BCUT2D eigenvalue weighted by Gasteiger charge is 2.16. The van der Waals surface area contributed by atoms with Crippen molar-refractivity contribution in [3.05, 3.63) is 42.0 Å². The number of allylic oxidation sites excluding steroid dienone is 2. The zero-order valence-electron chi connectivity index (χ0n) is 11.5. The number of benzene rings is 1. The first kappa shape index (κ1) is 14.3. The van der Waals surface area contributed by atoms with Gasteiger partial charge in [-0.15, -0.1) is 0 Å². The summed E-state index contributed by atoms with van der Waals surface area (Å²) in [4.78, 5) is 22.9. The standard InChI is InChI=1S/C16H19NO3/c1-11(16(19)20)13-7-4-8-14(10-13)17-15(18)9-12-5-2-3-6-12/h2,4-5,7-8,10-12H,3,6,9H2,1H3,(H,17,18)(H,19,20). The Morgan fingerprint density at radius 1 is 1.45 bits per heavy atom. The molecule has 0 fully saturated rings. The average Bonchev–Trinajstić information content (AvgIpc) is 2.90. The largest absolute Gasteiger partial charge is 0.481 e. The Balaban J connectivity index is 1.98. The molecule has 0 saturated heterocycles. The van der Waals surface area contributed by atoms with E-state index in [2.05, 4.69) is 17.5 Å². The molecule has 106 valence electrons. The molecule has 1 amide bonds. The second kappa shape index (κ2) is 6.37. The summed E-state index contributed by atoms with van der Waals surface area (Å²) >= 11 is 0. The van der Waals surface area contributed by atoms with Gasteiger partial charge in [0.25, 0.3) is 0 Å². The second-order valence-electron chi connectivity index (χ2n) is 5.20. The van der Waals surface area contributed by atoms with Crippen LogP contribution in [0.2, 0.25) is 0 Å². The molecule has 2 N–H and O–H groups in total. The minimum absolute atomic E-state index is 0.0262. The van der Waals surface area contributed by atoms with Crippen LogP contribution >= 0.6 is 0 Å². The van der Waals surface area contributed by atoms with Gasteiger partial charge >= 0.3 is 5.97 Å². The van der Waals surface area contributed by atoms with E-state index in [0.29, 0.717) is 23.6 Å². The average molecular weight is 273 g/mol. The molecule has 2 atom stereocenters. The molecule has 0 heterocycles. The number of carboxylic acids is 1. The highest BCUT2D eigenvalue weighted by atomic mass is 16.4. The molecule has 0 spiro atoms. The van der Waals surface area contributed by atoms with E-state index in [1.165, 1.54) is 0 Å². The van der Waals surface area contributed by atoms with E-state index < -0.39 is 11.9 Å². The van der Waals surface area contributed by atoms with Gasteiger partial charge in [-0.2, -0.15) is 0 Å². The van der Waals surface area contributed by atoms with Crippen molar-refractivity contribution in [2.45, 2.75) is 32.1 Å². The highest BCUT2D eigenvalue weighted by molar-refractivity contribution is 5.91. The van der Waals surface area contributed by atoms with E-state index in [4.69, 9.17) is 5.11 Å². The number of hydrogen-bond donors (Lipinski definition) is 2. The van der Waals surface area contributed by atoms with Gasteiger partial charge in [-0.05, 0) is 43.4 Å². The normalized spacial score (nSPS) is 18.8. The molecule has 20 heavy (non-hydrogen) atoms. The van der Waals surface area contributed by atoms with E-state index >= 15 is 0 Å². The first-order valence-electron chi connectivity index (χ1n) is 6.85. The third-order valence-corrected chi connectivity index (χ3v) is 3.60. The lowest BCUT2D eigenvalue weighted by Crippen LogP contribution is -2.15. The molecular weight excluding hydrogens is 254 g/mol. The van der Waals surface area contributed by atoms with Gasteiger partial charge in [-0.1, -0.05) is 24.3 Å². The molecule has 0 aliphatic heterocycles. The quantitative estimate of drug-likeness (QED) is 0.810. The van der Waals surface area contributed by atoms with Crippen LogP contribution < -0.4 is 5.32 Å². The predicted octanol–water partition coefficient (Wildman–Crippen LogP) is 3.17. The second-order valence-corrected chi connectivity index (χ2v) is 5.20. The van der Waals surface area contributed by atoms with Gasteiger partial charge in [0.15, 0.2) is 0 Å². The molecule has 4 heteroatoms. The Bertz CT molecular complexity index is 536. The van der Waals surface area contributed by atoms with E-state index in [1.54, 1.807) is 31.2 Å². The minimum atomic E-state index is -0.871. The summed E-state index contributed by atoms with van der Waals surface area (Å²) in [6.07, 6.45) is 6.75. The number of hydrogen-bond acceptors (Lipinski definition) is 2. The fourth-order valence-corrected chi connectivity index (χ4v) is 2.34. The van der Waals surface area contributed by atoms with Gasteiger partial charge < -0.3 is 10.4 Å². The summed E-state index contributed by atoms with van der Waals surface area (Å²) in [5.74, 6) is -1.15. The van der Waals surface area contributed by atoms with E-state index in [0.717, 1.165) is 12.8 Å². The fourth-order valence-electron chi connectivity index (χ4n) is 2.34. The molecule has 4 nitrogen and oxygen atoms in total. The van der Waals surface area contributed by atoms with E-state index in [-0.39, 0.29) is 5.91 Å². The number of nitrogens with one attached hydrogen (secondary N) is 1. The van der Waals surface area contributed by atoms with Crippen LogP contribution in [0.1, 0.15) is 37.7 Å². The lowest BCUT2D eigenvalue weighted by Gasteiger charge is -2.11. The lowest BCUT2D eigenvalue weighted by molar-refractivity contribution is -0.138. The molecule has 0 saturated carbocycles. The molecular formula is C16H19NO3. The van der Waals surface area contributed by atoms with Gasteiger partial charge in [0.05, 0.1) is 5.92 Å². The van der Waals surface area contributed by atoms with Crippen LogP contribution in [0.5, 0.6) is 0 Å². The maximum absolute atomic E-state index is 11.9. The van der Waals surface area contributed by atoms with Gasteiger partial charge in [0.2, 0.25) is 5.91 Å². The van der Waals surface area contributed by atoms with Crippen molar-refractivity contribution in [1.29, 1.82) is 0 Å². The summed E-state index contributed by atoms with van der Waals surface area (Å²) in [7, 11) is 0. The molecule has 0 bridgehead atoms. The Morgan fingerprint density at radius 3 is 2.90 bits per heavy atom. The summed E-state index contributed by atoms with van der Waals surface area (Å²) < 4.78 is 0. The molecule has 1 aromatic rings. The molecule has 1 aliphatic rings. The Kier molecular flexibility index (Phi) is 4.56.